The van der Waals surface area contributed by atoms with Crippen LogP contribution >= 0.6 is 11.8 Å². The molecule has 0 aliphatic carbocycles. The number of nitrogens with zero attached hydrogens (tertiary/aromatic N) is 2. The Morgan fingerprint density at radius 3 is 2.29 bits per heavy atom. The summed E-state index contributed by atoms with van der Waals surface area (Å²) in [5.41, 5.74) is 0.775. The first-order chi connectivity index (χ1) is 16.7. The molecule has 1 heterocycles. The molecule has 0 unspecified atom stereocenters. The molecule has 4 aromatic rings. The van der Waals surface area contributed by atoms with E-state index in [-0.39, 0.29) is 28.0 Å². The predicted octanol–water partition coefficient (Wildman–Crippen LogP) is 4.74. The zero-order valence-electron chi connectivity index (χ0n) is 18.7. The minimum absolute atomic E-state index is 0.0860. The summed E-state index contributed by atoms with van der Waals surface area (Å²) in [6.45, 7) is 3.02. The zero-order chi connectivity index (χ0) is 25.1. The Morgan fingerprint density at radius 2 is 1.63 bits per heavy atom. The van der Waals surface area contributed by atoms with E-state index in [1.54, 1.807) is 55.5 Å². The van der Waals surface area contributed by atoms with Gasteiger partial charge in [0.05, 0.1) is 21.8 Å². The molecule has 0 aliphatic rings. The fourth-order valence-corrected chi connectivity index (χ4v) is 4.28. The lowest BCUT2D eigenvalue weighted by molar-refractivity contribution is -0.115. The van der Waals surface area contributed by atoms with Crippen molar-refractivity contribution in [3.8, 4) is 5.69 Å². The van der Waals surface area contributed by atoms with Crippen LogP contribution in [-0.4, -0.2) is 26.6 Å². The molecule has 0 spiro atoms. The van der Waals surface area contributed by atoms with Crippen molar-refractivity contribution < 1.29 is 18.4 Å². The lowest BCUT2D eigenvalue weighted by atomic mass is 10.2. The Labute approximate surface area is 203 Å². The highest BCUT2D eigenvalue weighted by molar-refractivity contribution is 8.00. The van der Waals surface area contributed by atoms with Crippen LogP contribution < -0.4 is 16.2 Å². The first-order valence-electron chi connectivity index (χ1n) is 10.6. The number of fused-ring (bicyclic) bond motifs is 1. The topological polar surface area (TPSA) is 93.1 Å². The molecule has 2 N–H and O–H groups in total. The maximum absolute atomic E-state index is 14.6. The molecule has 0 aliphatic heterocycles. The molecule has 1 atom stereocenters. The second-order valence-corrected chi connectivity index (χ2v) is 8.96. The monoisotopic (exact) mass is 494 g/mol. The quantitative estimate of drug-likeness (QED) is 0.298. The average Bonchev–Trinajstić information content (AvgIpc) is 2.81. The van der Waals surface area contributed by atoms with Gasteiger partial charge in [0.1, 0.15) is 11.6 Å². The summed E-state index contributed by atoms with van der Waals surface area (Å²) >= 11 is 0.968. The third kappa shape index (κ3) is 5.38. The van der Waals surface area contributed by atoms with Crippen molar-refractivity contribution in [1.82, 2.24) is 9.55 Å². The number of halogens is 2. The Bertz CT molecular complexity index is 1490. The second kappa shape index (κ2) is 10.1. The molecule has 2 amide bonds. The van der Waals surface area contributed by atoms with E-state index in [0.29, 0.717) is 23.0 Å². The van der Waals surface area contributed by atoms with E-state index in [1.807, 2.05) is 0 Å². The highest BCUT2D eigenvalue weighted by atomic mass is 32.2. The number of hydrogen-bond acceptors (Lipinski definition) is 5. The molecule has 0 radical (unpaired) electrons. The molecule has 0 saturated carbocycles. The van der Waals surface area contributed by atoms with Gasteiger partial charge in [-0.25, -0.2) is 13.8 Å². The van der Waals surface area contributed by atoms with Crippen LogP contribution in [0.4, 0.5) is 20.2 Å². The number of rotatable bonds is 6. The number of carbonyl (C=O) groups is 2. The highest BCUT2D eigenvalue weighted by Crippen LogP contribution is 2.27. The summed E-state index contributed by atoms with van der Waals surface area (Å²) in [5.74, 6) is -2.30. The average molecular weight is 495 g/mol. The maximum Gasteiger partial charge on any atom is 0.266 e. The first-order valence-corrected chi connectivity index (χ1v) is 11.4. The van der Waals surface area contributed by atoms with E-state index < -0.39 is 22.4 Å². The van der Waals surface area contributed by atoms with Crippen molar-refractivity contribution in [2.45, 2.75) is 24.3 Å². The largest absolute Gasteiger partial charge is 0.326 e. The number of para-hydroxylation sites is 1. The van der Waals surface area contributed by atoms with Crippen LogP contribution in [0.2, 0.25) is 0 Å². The van der Waals surface area contributed by atoms with E-state index >= 15 is 0 Å². The van der Waals surface area contributed by atoms with Crippen molar-refractivity contribution in [3.05, 3.63) is 88.7 Å². The van der Waals surface area contributed by atoms with E-state index in [4.69, 9.17) is 0 Å². The third-order valence-corrected chi connectivity index (χ3v) is 6.07. The van der Waals surface area contributed by atoms with E-state index in [1.165, 1.54) is 6.92 Å². The molecular formula is C25H20F2N4O3S. The van der Waals surface area contributed by atoms with Gasteiger partial charge >= 0.3 is 0 Å². The molecule has 4 rings (SSSR count). The summed E-state index contributed by atoms with van der Waals surface area (Å²) in [4.78, 5) is 41.7. The van der Waals surface area contributed by atoms with Gasteiger partial charge in [-0.15, -0.1) is 0 Å². The van der Waals surface area contributed by atoms with Crippen LogP contribution in [0.5, 0.6) is 0 Å². The number of thioether (sulfide) groups is 1. The normalized spacial score (nSPS) is 11.8. The van der Waals surface area contributed by atoms with Crippen LogP contribution in [-0.2, 0) is 9.59 Å². The van der Waals surface area contributed by atoms with Crippen LogP contribution in [0.3, 0.4) is 0 Å². The Hall–Kier alpha value is -4.05. The fourth-order valence-electron chi connectivity index (χ4n) is 3.36. The van der Waals surface area contributed by atoms with Crippen LogP contribution in [0.15, 0.2) is 76.7 Å². The van der Waals surface area contributed by atoms with Gasteiger partial charge < -0.3 is 10.6 Å². The van der Waals surface area contributed by atoms with Gasteiger partial charge in [0.15, 0.2) is 5.16 Å². The second-order valence-electron chi connectivity index (χ2n) is 7.66. The van der Waals surface area contributed by atoms with Gasteiger partial charge in [-0.1, -0.05) is 23.9 Å². The maximum atomic E-state index is 14.6. The van der Waals surface area contributed by atoms with Crippen molar-refractivity contribution in [2.24, 2.45) is 0 Å². The molecule has 3 aromatic carbocycles. The molecule has 7 nitrogen and oxygen atoms in total. The SMILES string of the molecule is CC(=O)Nc1ccc(NC(=O)[C@@H](C)Sc2nc3ccccc3c(=O)n2-c2ccc(F)cc2F)cc1. The fraction of sp³-hybridized carbons (Fsp3) is 0.120. The lowest BCUT2D eigenvalue weighted by Crippen LogP contribution is -2.26. The molecule has 0 fully saturated rings. The molecule has 10 heteroatoms. The minimum atomic E-state index is -0.928. The summed E-state index contributed by atoms with van der Waals surface area (Å²) in [6, 6.07) is 16.1. The van der Waals surface area contributed by atoms with Crippen LogP contribution in [0, 0.1) is 11.6 Å². The van der Waals surface area contributed by atoms with Gasteiger partial charge in [0.2, 0.25) is 11.8 Å². The van der Waals surface area contributed by atoms with E-state index in [2.05, 4.69) is 15.6 Å². The van der Waals surface area contributed by atoms with Gasteiger partial charge in [-0.2, -0.15) is 0 Å². The smallest absolute Gasteiger partial charge is 0.266 e. The number of hydrogen-bond donors (Lipinski definition) is 2. The number of benzene rings is 3. The highest BCUT2D eigenvalue weighted by Gasteiger charge is 2.22. The van der Waals surface area contributed by atoms with Crippen molar-refractivity contribution in [1.29, 1.82) is 0 Å². The molecule has 35 heavy (non-hydrogen) atoms. The van der Waals surface area contributed by atoms with Crippen molar-refractivity contribution in [2.75, 3.05) is 10.6 Å². The minimum Gasteiger partial charge on any atom is -0.326 e. The van der Waals surface area contributed by atoms with Gasteiger partial charge in [0.25, 0.3) is 5.56 Å². The van der Waals surface area contributed by atoms with Gasteiger partial charge in [-0.05, 0) is 55.5 Å². The number of nitrogens with one attached hydrogen (secondary N) is 2. The molecule has 178 valence electrons. The van der Waals surface area contributed by atoms with Gasteiger partial charge in [0, 0.05) is 24.4 Å². The summed E-state index contributed by atoms with van der Waals surface area (Å²) in [7, 11) is 0. The summed E-state index contributed by atoms with van der Waals surface area (Å²) in [6.07, 6.45) is 0. The third-order valence-electron chi connectivity index (χ3n) is 5.02. The summed E-state index contributed by atoms with van der Waals surface area (Å²) < 4.78 is 29.2. The number of aromatic nitrogens is 2. The van der Waals surface area contributed by atoms with Crippen LogP contribution in [0.1, 0.15) is 13.8 Å². The Kier molecular flexibility index (Phi) is 6.92. The first kappa shape index (κ1) is 24.1. The van der Waals surface area contributed by atoms with E-state index in [0.717, 1.165) is 28.5 Å². The Morgan fingerprint density at radius 1 is 0.971 bits per heavy atom. The van der Waals surface area contributed by atoms with Crippen LogP contribution in [0.25, 0.3) is 16.6 Å². The molecule has 1 aromatic heterocycles. The van der Waals surface area contributed by atoms with Gasteiger partial charge in [-0.3, -0.25) is 19.0 Å². The van der Waals surface area contributed by atoms with E-state index in [9.17, 15) is 23.2 Å². The molecule has 0 saturated heterocycles. The number of carbonyl (C=O) groups excluding carboxylic acids is 2. The zero-order valence-corrected chi connectivity index (χ0v) is 19.5. The predicted molar refractivity (Wildman–Crippen MR) is 132 cm³/mol. The summed E-state index contributed by atoms with van der Waals surface area (Å²) in [5, 5.41) is 5.02. The van der Waals surface area contributed by atoms with Crippen molar-refractivity contribution in [3.63, 3.8) is 0 Å². The molecular weight excluding hydrogens is 474 g/mol. The van der Waals surface area contributed by atoms with Crippen molar-refractivity contribution >= 4 is 45.9 Å². The number of anilines is 2. The number of amides is 2. The standard InChI is InChI=1S/C25H20F2N4O3S/c1-14(23(33)29-18-10-8-17(9-11-18)28-15(2)32)35-25-30-21-6-4-3-5-19(21)24(34)31(25)22-12-7-16(26)13-20(22)27/h3-14H,1-2H3,(H,28,32)(H,29,33)/t14-/m1/s1. The Balaban J connectivity index is 1.65. The molecule has 0 bridgehead atoms. The lowest BCUT2D eigenvalue weighted by Gasteiger charge is -2.17.